The Morgan fingerprint density at radius 1 is 1.41 bits per heavy atom. The topological polar surface area (TPSA) is 92.4 Å². The van der Waals surface area contributed by atoms with E-state index in [0.29, 0.717) is 12.8 Å². The zero-order valence-electron chi connectivity index (χ0n) is 10.6. The molecule has 0 aromatic rings. The minimum atomic E-state index is -1.01. The first-order valence-corrected chi connectivity index (χ1v) is 7.05. The number of carboxylic acid groups (broad SMARTS) is 1. The first kappa shape index (κ1) is 16.2. The monoisotopic (exact) mass is 262 g/mol. The normalized spacial score (nSPS) is 14.4. The zero-order valence-corrected chi connectivity index (χ0v) is 11.4. The Morgan fingerprint density at radius 2 is 2.00 bits per heavy atom. The summed E-state index contributed by atoms with van der Waals surface area (Å²) >= 11 is 1.61. The van der Waals surface area contributed by atoms with Crippen LogP contribution in [0, 0.1) is 5.92 Å². The molecule has 0 aliphatic rings. The van der Waals surface area contributed by atoms with Gasteiger partial charge in [-0.1, -0.05) is 13.8 Å². The number of nitrogens with two attached hydrogens (primary N) is 1. The van der Waals surface area contributed by atoms with Crippen LogP contribution in [0.5, 0.6) is 0 Å². The van der Waals surface area contributed by atoms with E-state index in [9.17, 15) is 9.59 Å². The fourth-order valence-electron chi connectivity index (χ4n) is 1.35. The third-order valence-electron chi connectivity index (χ3n) is 2.29. The number of hydrogen-bond donors (Lipinski definition) is 3. The van der Waals surface area contributed by atoms with Gasteiger partial charge >= 0.3 is 5.97 Å². The Hall–Kier alpha value is -0.750. The van der Waals surface area contributed by atoms with E-state index in [0.717, 1.165) is 5.75 Å². The van der Waals surface area contributed by atoms with E-state index in [-0.39, 0.29) is 11.8 Å². The molecule has 0 radical (unpaired) electrons. The quantitative estimate of drug-likeness (QED) is 0.598. The van der Waals surface area contributed by atoms with Crippen LogP contribution in [0.3, 0.4) is 0 Å². The molecule has 1 amide bonds. The molecule has 0 aromatic heterocycles. The number of hydrogen-bond acceptors (Lipinski definition) is 4. The van der Waals surface area contributed by atoms with Gasteiger partial charge in [0.05, 0.1) is 6.04 Å². The van der Waals surface area contributed by atoms with Crippen molar-refractivity contribution in [3.63, 3.8) is 0 Å². The minimum Gasteiger partial charge on any atom is -0.480 e. The third kappa shape index (κ3) is 7.23. The molecule has 17 heavy (non-hydrogen) atoms. The largest absolute Gasteiger partial charge is 0.480 e. The molecule has 100 valence electrons. The van der Waals surface area contributed by atoms with Crippen molar-refractivity contribution in [2.75, 3.05) is 12.0 Å². The van der Waals surface area contributed by atoms with Gasteiger partial charge in [-0.25, -0.2) is 4.79 Å². The average Bonchev–Trinajstić information content (AvgIpc) is 2.23. The highest BCUT2D eigenvalue weighted by molar-refractivity contribution is 7.98. The second-order valence-electron chi connectivity index (χ2n) is 4.42. The van der Waals surface area contributed by atoms with Crippen molar-refractivity contribution in [1.29, 1.82) is 0 Å². The Morgan fingerprint density at radius 3 is 2.41 bits per heavy atom. The van der Waals surface area contributed by atoms with E-state index < -0.39 is 18.1 Å². The molecule has 0 rings (SSSR count). The fraction of sp³-hybridized carbons (Fsp3) is 0.818. The van der Waals surface area contributed by atoms with Gasteiger partial charge in [0, 0.05) is 0 Å². The van der Waals surface area contributed by atoms with E-state index in [4.69, 9.17) is 10.8 Å². The molecular formula is C11H22N2O3S. The van der Waals surface area contributed by atoms with Crippen LogP contribution in [0.1, 0.15) is 26.7 Å². The van der Waals surface area contributed by atoms with Crippen molar-refractivity contribution in [3.8, 4) is 0 Å². The molecule has 0 aromatic carbocycles. The Labute approximate surface area is 107 Å². The van der Waals surface area contributed by atoms with Crippen LogP contribution in [-0.2, 0) is 9.59 Å². The zero-order chi connectivity index (χ0) is 13.4. The van der Waals surface area contributed by atoms with Crippen molar-refractivity contribution < 1.29 is 14.7 Å². The number of carboxylic acids is 1. The molecule has 6 heteroatoms. The van der Waals surface area contributed by atoms with Crippen molar-refractivity contribution in [3.05, 3.63) is 0 Å². The number of carbonyl (C=O) groups is 2. The molecule has 0 fully saturated rings. The highest BCUT2D eigenvalue weighted by atomic mass is 32.2. The number of carbonyl (C=O) groups excluding carboxylic acids is 1. The van der Waals surface area contributed by atoms with Gasteiger partial charge in [-0.05, 0) is 30.8 Å². The maximum absolute atomic E-state index is 11.6. The van der Waals surface area contributed by atoms with Gasteiger partial charge in [0.25, 0.3) is 0 Å². The van der Waals surface area contributed by atoms with E-state index in [2.05, 4.69) is 5.32 Å². The smallest absolute Gasteiger partial charge is 0.326 e. The molecule has 0 bridgehead atoms. The summed E-state index contributed by atoms with van der Waals surface area (Å²) in [5, 5.41) is 11.5. The van der Waals surface area contributed by atoms with Crippen LogP contribution in [0.15, 0.2) is 0 Å². The predicted molar refractivity (Wildman–Crippen MR) is 70.0 cm³/mol. The molecule has 0 aliphatic heterocycles. The van der Waals surface area contributed by atoms with E-state index in [1.807, 2.05) is 20.1 Å². The number of thioether (sulfide) groups is 1. The van der Waals surface area contributed by atoms with Gasteiger partial charge < -0.3 is 16.2 Å². The van der Waals surface area contributed by atoms with Gasteiger partial charge in [-0.15, -0.1) is 0 Å². The Kier molecular flexibility index (Phi) is 7.99. The Balaban J connectivity index is 4.25. The number of nitrogens with one attached hydrogen (secondary N) is 1. The van der Waals surface area contributed by atoms with Gasteiger partial charge in [-0.3, -0.25) is 4.79 Å². The summed E-state index contributed by atoms with van der Waals surface area (Å²) in [6, 6.07) is -1.47. The summed E-state index contributed by atoms with van der Waals surface area (Å²) in [7, 11) is 0. The molecule has 0 spiro atoms. The molecule has 0 aliphatic carbocycles. The first-order valence-electron chi connectivity index (χ1n) is 5.66. The molecule has 2 atom stereocenters. The highest BCUT2D eigenvalue weighted by Crippen LogP contribution is 2.06. The number of amides is 1. The second kappa shape index (κ2) is 8.36. The van der Waals surface area contributed by atoms with Crippen LogP contribution in [0.4, 0.5) is 0 Å². The molecular weight excluding hydrogens is 240 g/mol. The van der Waals surface area contributed by atoms with Gasteiger partial charge in [0.1, 0.15) is 6.04 Å². The van der Waals surface area contributed by atoms with E-state index in [1.165, 1.54) is 0 Å². The van der Waals surface area contributed by atoms with E-state index >= 15 is 0 Å². The minimum absolute atomic E-state index is 0.207. The van der Waals surface area contributed by atoms with Crippen molar-refractivity contribution >= 4 is 23.6 Å². The predicted octanol–water partition coefficient (Wildman–Crippen LogP) is 0.682. The SMILES string of the molecule is CSCC[C@@H](N)C(=O)NC(CC(C)C)C(=O)O. The molecule has 4 N–H and O–H groups in total. The third-order valence-corrected chi connectivity index (χ3v) is 2.94. The molecule has 0 saturated carbocycles. The summed E-state index contributed by atoms with van der Waals surface area (Å²) < 4.78 is 0. The van der Waals surface area contributed by atoms with Crippen LogP contribution >= 0.6 is 11.8 Å². The molecule has 0 heterocycles. The standard InChI is InChI=1S/C11H22N2O3S/c1-7(2)6-9(11(15)16)13-10(14)8(12)4-5-17-3/h7-9H,4-6,12H2,1-3H3,(H,13,14)(H,15,16)/t8-,9?/m1/s1. The summed E-state index contributed by atoms with van der Waals surface area (Å²) in [6.07, 6.45) is 2.90. The van der Waals surface area contributed by atoms with Crippen LogP contribution in [0.25, 0.3) is 0 Å². The summed E-state index contributed by atoms with van der Waals surface area (Å²) in [5.41, 5.74) is 5.66. The van der Waals surface area contributed by atoms with Crippen molar-refractivity contribution in [2.45, 2.75) is 38.8 Å². The van der Waals surface area contributed by atoms with Crippen molar-refractivity contribution in [2.24, 2.45) is 11.7 Å². The Bertz CT molecular complexity index is 259. The lowest BCUT2D eigenvalue weighted by molar-refractivity contribution is -0.142. The van der Waals surface area contributed by atoms with Crippen LogP contribution in [-0.4, -0.2) is 41.1 Å². The van der Waals surface area contributed by atoms with Gasteiger partial charge in [0.2, 0.25) is 5.91 Å². The van der Waals surface area contributed by atoms with E-state index in [1.54, 1.807) is 11.8 Å². The lowest BCUT2D eigenvalue weighted by Gasteiger charge is -2.19. The lowest BCUT2D eigenvalue weighted by Crippen LogP contribution is -2.49. The second-order valence-corrected chi connectivity index (χ2v) is 5.40. The van der Waals surface area contributed by atoms with Gasteiger partial charge in [0.15, 0.2) is 0 Å². The average molecular weight is 262 g/mol. The van der Waals surface area contributed by atoms with Gasteiger partial charge in [-0.2, -0.15) is 11.8 Å². The van der Waals surface area contributed by atoms with Crippen molar-refractivity contribution in [1.82, 2.24) is 5.32 Å². The molecule has 5 nitrogen and oxygen atoms in total. The first-order chi connectivity index (χ1) is 7.88. The summed E-state index contributed by atoms with van der Waals surface area (Å²) in [5.74, 6) is -0.397. The lowest BCUT2D eigenvalue weighted by atomic mass is 10.0. The fourth-order valence-corrected chi connectivity index (χ4v) is 1.84. The summed E-state index contributed by atoms with van der Waals surface area (Å²) in [4.78, 5) is 22.6. The molecule has 1 unspecified atom stereocenters. The maximum Gasteiger partial charge on any atom is 0.326 e. The molecule has 0 saturated heterocycles. The van der Waals surface area contributed by atoms with Crippen LogP contribution in [0.2, 0.25) is 0 Å². The summed E-state index contributed by atoms with van der Waals surface area (Å²) in [6.45, 7) is 3.82. The number of aliphatic carboxylic acids is 1. The highest BCUT2D eigenvalue weighted by Gasteiger charge is 2.23. The van der Waals surface area contributed by atoms with Crippen LogP contribution < -0.4 is 11.1 Å². The number of rotatable bonds is 8. The maximum atomic E-state index is 11.6.